The van der Waals surface area contributed by atoms with Gasteiger partial charge in [0, 0.05) is 42.4 Å². The van der Waals surface area contributed by atoms with Gasteiger partial charge in [0.25, 0.3) is 5.91 Å². The van der Waals surface area contributed by atoms with Crippen molar-refractivity contribution in [1.29, 1.82) is 0 Å². The topological polar surface area (TPSA) is 90.1 Å². The van der Waals surface area contributed by atoms with Crippen molar-refractivity contribution in [3.63, 3.8) is 0 Å². The van der Waals surface area contributed by atoms with Gasteiger partial charge in [-0.15, -0.1) is 11.3 Å². The first-order valence-electron chi connectivity index (χ1n) is 9.86. The summed E-state index contributed by atoms with van der Waals surface area (Å²) in [6, 6.07) is 9.45. The Morgan fingerprint density at radius 3 is 2.78 bits per heavy atom. The molecule has 4 aromatic rings. The van der Waals surface area contributed by atoms with Crippen molar-refractivity contribution >= 4 is 33.1 Å². The smallest absolute Gasteiger partial charge is 0.263 e. The predicted octanol–water partition coefficient (Wildman–Crippen LogP) is 4.41. The van der Waals surface area contributed by atoms with Crippen molar-refractivity contribution < 1.29 is 18.3 Å². The Morgan fingerprint density at radius 2 is 2.00 bits per heavy atom. The third-order valence-corrected chi connectivity index (χ3v) is 6.04. The fraction of sp³-hybridized carbons (Fsp3) is 0.174. The van der Waals surface area contributed by atoms with Gasteiger partial charge >= 0.3 is 0 Å². The second-order valence-electron chi connectivity index (χ2n) is 7.15. The number of nitrogens with one attached hydrogen (secondary N) is 1. The molecule has 9 heteroatoms. The van der Waals surface area contributed by atoms with E-state index in [0.717, 1.165) is 28.5 Å². The number of thiophene rings is 1. The number of benzene rings is 1. The monoisotopic (exact) mass is 454 g/mol. The molecule has 0 bridgehead atoms. The minimum atomic E-state index is -0.983. The number of aryl methyl sites for hydroxylation is 1. The molecule has 3 aromatic heterocycles. The number of amides is 1. The Hall–Kier alpha value is -3.59. The van der Waals surface area contributed by atoms with Crippen LogP contribution in [0, 0.1) is 18.6 Å². The average Bonchev–Trinajstić information content (AvgIpc) is 3.12. The van der Waals surface area contributed by atoms with Gasteiger partial charge in [0.05, 0.1) is 12.3 Å². The summed E-state index contributed by atoms with van der Waals surface area (Å²) in [7, 11) is 0. The van der Waals surface area contributed by atoms with Crippen LogP contribution in [0.5, 0.6) is 5.88 Å². The molecule has 3 heterocycles. The summed E-state index contributed by atoms with van der Waals surface area (Å²) < 4.78 is 33.0. The molecule has 0 radical (unpaired) electrons. The lowest BCUT2D eigenvalue weighted by atomic mass is 10.1. The number of pyridine rings is 2. The number of nitrogens with two attached hydrogens (primary N) is 1. The first kappa shape index (κ1) is 21.6. The minimum absolute atomic E-state index is 0.0530. The highest BCUT2D eigenvalue weighted by atomic mass is 32.1. The molecule has 0 spiro atoms. The Kier molecular flexibility index (Phi) is 6.27. The number of carbonyl (C=O) groups excluding carboxylic acids is 1. The van der Waals surface area contributed by atoms with Gasteiger partial charge in [-0.05, 0) is 36.2 Å². The standard InChI is InChI=1S/C23H20F2N4O2S/c1-13-11-17(31-10-7-14-5-8-27-9-6-14)29-23-18(13)20(26)21(32-23)22(30)28-12-15-3-2-4-16(24)19(15)25/h2-6,8-9,11H,7,10,12,26H2,1H3,(H,28,30). The van der Waals surface area contributed by atoms with Crippen LogP contribution in [-0.2, 0) is 13.0 Å². The zero-order valence-electron chi connectivity index (χ0n) is 17.2. The normalized spacial score (nSPS) is 11.0. The summed E-state index contributed by atoms with van der Waals surface area (Å²) in [6.45, 7) is 2.15. The largest absolute Gasteiger partial charge is 0.477 e. The van der Waals surface area contributed by atoms with Gasteiger partial charge < -0.3 is 15.8 Å². The molecule has 3 N–H and O–H groups in total. The van der Waals surface area contributed by atoms with E-state index >= 15 is 0 Å². The molecule has 6 nitrogen and oxygen atoms in total. The van der Waals surface area contributed by atoms with E-state index < -0.39 is 17.5 Å². The van der Waals surface area contributed by atoms with Crippen LogP contribution in [0.15, 0.2) is 48.8 Å². The molecule has 32 heavy (non-hydrogen) atoms. The van der Waals surface area contributed by atoms with Gasteiger partial charge in [-0.3, -0.25) is 9.78 Å². The van der Waals surface area contributed by atoms with Gasteiger partial charge in [-0.25, -0.2) is 13.8 Å². The molecule has 0 aliphatic rings. The number of ether oxygens (including phenoxy) is 1. The van der Waals surface area contributed by atoms with Crippen LogP contribution in [0.1, 0.15) is 26.4 Å². The third-order valence-electron chi connectivity index (χ3n) is 4.94. The predicted molar refractivity (Wildman–Crippen MR) is 120 cm³/mol. The molecule has 0 saturated heterocycles. The van der Waals surface area contributed by atoms with E-state index in [9.17, 15) is 13.6 Å². The summed E-state index contributed by atoms with van der Waals surface area (Å²) in [6.07, 6.45) is 4.17. The number of halogens is 2. The third kappa shape index (κ3) is 4.52. The number of anilines is 1. The van der Waals surface area contributed by atoms with E-state index in [1.807, 2.05) is 19.1 Å². The van der Waals surface area contributed by atoms with E-state index in [1.54, 1.807) is 18.5 Å². The van der Waals surface area contributed by atoms with Crippen LogP contribution < -0.4 is 15.8 Å². The van der Waals surface area contributed by atoms with Gasteiger partial charge in [-0.1, -0.05) is 12.1 Å². The molecule has 0 aliphatic heterocycles. The molecule has 4 rings (SSSR count). The number of aromatic nitrogens is 2. The lowest BCUT2D eigenvalue weighted by Crippen LogP contribution is -2.23. The number of rotatable bonds is 7. The Balaban J connectivity index is 1.49. The van der Waals surface area contributed by atoms with Crippen molar-refractivity contribution in [2.45, 2.75) is 19.9 Å². The number of fused-ring (bicyclic) bond motifs is 1. The molecular weight excluding hydrogens is 434 g/mol. The number of hydrogen-bond acceptors (Lipinski definition) is 6. The van der Waals surface area contributed by atoms with Crippen molar-refractivity contribution in [1.82, 2.24) is 15.3 Å². The van der Waals surface area contributed by atoms with Gasteiger partial charge in [0.2, 0.25) is 5.88 Å². The maximum atomic E-state index is 13.8. The molecule has 0 atom stereocenters. The molecule has 0 saturated carbocycles. The first-order chi connectivity index (χ1) is 15.4. The summed E-state index contributed by atoms with van der Waals surface area (Å²) in [5.74, 6) is -1.98. The number of nitrogens with zero attached hydrogens (tertiary/aromatic N) is 2. The highest BCUT2D eigenvalue weighted by Gasteiger charge is 2.20. The summed E-state index contributed by atoms with van der Waals surface area (Å²) >= 11 is 1.13. The zero-order valence-corrected chi connectivity index (χ0v) is 18.0. The summed E-state index contributed by atoms with van der Waals surface area (Å²) in [5, 5.41) is 3.27. The number of carbonyl (C=O) groups is 1. The lowest BCUT2D eigenvalue weighted by Gasteiger charge is -2.07. The fourth-order valence-electron chi connectivity index (χ4n) is 3.29. The van der Waals surface area contributed by atoms with Crippen LogP contribution >= 0.6 is 11.3 Å². The van der Waals surface area contributed by atoms with E-state index in [4.69, 9.17) is 10.5 Å². The van der Waals surface area contributed by atoms with E-state index in [2.05, 4.69) is 15.3 Å². The second kappa shape index (κ2) is 9.27. The van der Waals surface area contributed by atoms with Crippen LogP contribution in [0.4, 0.5) is 14.5 Å². The van der Waals surface area contributed by atoms with Crippen molar-refractivity contribution in [2.75, 3.05) is 12.3 Å². The van der Waals surface area contributed by atoms with Crippen molar-refractivity contribution in [2.24, 2.45) is 0 Å². The van der Waals surface area contributed by atoms with E-state index in [1.165, 1.54) is 12.1 Å². The minimum Gasteiger partial charge on any atom is -0.477 e. The second-order valence-corrected chi connectivity index (χ2v) is 8.15. The van der Waals surface area contributed by atoms with Crippen molar-refractivity contribution in [3.05, 3.63) is 82.0 Å². The SMILES string of the molecule is Cc1cc(OCCc2ccncc2)nc2sc(C(=O)NCc3cccc(F)c3F)c(N)c12. The molecule has 1 aromatic carbocycles. The molecule has 0 unspecified atom stereocenters. The number of hydrogen-bond donors (Lipinski definition) is 2. The molecular formula is C23H20F2N4O2S. The van der Waals surface area contributed by atoms with Crippen LogP contribution in [0.2, 0.25) is 0 Å². The van der Waals surface area contributed by atoms with Gasteiger partial charge in [-0.2, -0.15) is 0 Å². The van der Waals surface area contributed by atoms with Crippen LogP contribution in [-0.4, -0.2) is 22.5 Å². The highest BCUT2D eigenvalue weighted by Crippen LogP contribution is 2.36. The maximum absolute atomic E-state index is 13.8. The zero-order chi connectivity index (χ0) is 22.7. The van der Waals surface area contributed by atoms with Gasteiger partial charge in [0.1, 0.15) is 9.71 Å². The highest BCUT2D eigenvalue weighted by molar-refractivity contribution is 7.21. The molecule has 164 valence electrons. The average molecular weight is 455 g/mol. The Labute approximate surface area is 187 Å². The summed E-state index contributed by atoms with van der Waals surface area (Å²) in [4.78, 5) is 22.0. The van der Waals surface area contributed by atoms with E-state index in [-0.39, 0.29) is 17.0 Å². The van der Waals surface area contributed by atoms with Crippen molar-refractivity contribution in [3.8, 4) is 5.88 Å². The van der Waals surface area contributed by atoms with E-state index in [0.29, 0.717) is 34.8 Å². The van der Waals surface area contributed by atoms with Crippen LogP contribution in [0.25, 0.3) is 10.2 Å². The lowest BCUT2D eigenvalue weighted by molar-refractivity contribution is 0.0955. The Bertz CT molecular complexity index is 1280. The maximum Gasteiger partial charge on any atom is 0.263 e. The summed E-state index contributed by atoms with van der Waals surface area (Å²) in [5.41, 5.74) is 8.51. The first-order valence-corrected chi connectivity index (χ1v) is 10.7. The molecule has 0 fully saturated rings. The molecule has 0 aliphatic carbocycles. The fourth-order valence-corrected chi connectivity index (χ4v) is 4.37. The Morgan fingerprint density at radius 1 is 1.22 bits per heavy atom. The number of nitrogen functional groups attached to an aromatic ring is 1. The molecule has 1 amide bonds. The quantitative estimate of drug-likeness (QED) is 0.432. The van der Waals surface area contributed by atoms with Crippen LogP contribution in [0.3, 0.4) is 0 Å². The van der Waals surface area contributed by atoms with Gasteiger partial charge in [0.15, 0.2) is 11.6 Å².